The van der Waals surface area contributed by atoms with Crippen molar-refractivity contribution in [3.63, 3.8) is 0 Å². The van der Waals surface area contributed by atoms with Crippen molar-refractivity contribution < 1.29 is 19.0 Å². The van der Waals surface area contributed by atoms with Crippen LogP contribution in [-0.4, -0.2) is 74.2 Å². The molecular weight excluding hydrogens is 403 g/mol. The van der Waals surface area contributed by atoms with Gasteiger partial charge in [0.1, 0.15) is 6.67 Å². The molecule has 3 N–H and O–H groups in total. The van der Waals surface area contributed by atoms with Gasteiger partial charge in [0.15, 0.2) is 17.1 Å². The average Bonchev–Trinajstić information content (AvgIpc) is 3.17. The standard InChI is InChI=1S/C21H21FN6O3/c1-21(30,13-22)6-4-14-2-3-15-16(12-14)28(17-5-7-24-20(23)25-17)26-18(15)19(29)27-8-10-31-11-9-27/h2-3,5,7,12,30H,8-11,13H2,1H3,(H2,23,24,25). The van der Waals surface area contributed by atoms with Crippen LogP contribution in [0.5, 0.6) is 0 Å². The summed E-state index contributed by atoms with van der Waals surface area (Å²) in [4.78, 5) is 22.9. The highest BCUT2D eigenvalue weighted by Gasteiger charge is 2.25. The van der Waals surface area contributed by atoms with E-state index in [4.69, 9.17) is 10.5 Å². The fourth-order valence-corrected chi connectivity index (χ4v) is 3.16. The molecule has 1 amide bonds. The molecule has 2 aromatic heterocycles. The molecule has 0 aliphatic carbocycles. The number of anilines is 1. The minimum Gasteiger partial charge on any atom is -0.378 e. The Balaban J connectivity index is 1.85. The number of hydrogen-bond donors (Lipinski definition) is 2. The van der Waals surface area contributed by atoms with Crippen molar-refractivity contribution in [1.29, 1.82) is 0 Å². The second-order valence-corrected chi connectivity index (χ2v) is 7.33. The second-order valence-electron chi connectivity index (χ2n) is 7.33. The number of alkyl halides is 1. The maximum absolute atomic E-state index is 13.1. The number of nitrogens with zero attached hydrogens (tertiary/aromatic N) is 5. The zero-order valence-corrected chi connectivity index (χ0v) is 16.9. The SMILES string of the molecule is CC(O)(C#Cc1ccc2c(C(=O)N3CCOCC3)nn(-c3ccnc(N)n3)c2c1)CF. The molecule has 4 rings (SSSR count). The Labute approximate surface area is 177 Å². The summed E-state index contributed by atoms with van der Waals surface area (Å²) < 4.78 is 19.7. The molecular formula is C21H21FN6O3. The summed E-state index contributed by atoms with van der Waals surface area (Å²) in [6, 6.07) is 6.75. The molecule has 0 bridgehead atoms. The van der Waals surface area contributed by atoms with Gasteiger partial charge in [-0.1, -0.05) is 11.8 Å². The largest absolute Gasteiger partial charge is 0.378 e. The highest BCUT2D eigenvalue weighted by atomic mass is 19.1. The van der Waals surface area contributed by atoms with Crippen molar-refractivity contribution in [2.24, 2.45) is 0 Å². The van der Waals surface area contributed by atoms with E-state index < -0.39 is 12.3 Å². The van der Waals surface area contributed by atoms with Gasteiger partial charge in [-0.15, -0.1) is 0 Å². The van der Waals surface area contributed by atoms with Crippen molar-refractivity contribution >= 4 is 22.8 Å². The van der Waals surface area contributed by atoms with Gasteiger partial charge < -0.3 is 20.5 Å². The van der Waals surface area contributed by atoms with Crippen molar-refractivity contribution in [3.05, 3.63) is 41.7 Å². The van der Waals surface area contributed by atoms with Crippen molar-refractivity contribution in [2.45, 2.75) is 12.5 Å². The minimum absolute atomic E-state index is 0.0668. The third-order valence-electron chi connectivity index (χ3n) is 4.79. The van der Waals surface area contributed by atoms with E-state index in [1.165, 1.54) is 17.8 Å². The molecule has 1 atom stereocenters. The number of nitrogens with two attached hydrogens (primary N) is 1. The Kier molecular flexibility index (Phi) is 5.54. The van der Waals surface area contributed by atoms with Crippen molar-refractivity contribution in [3.8, 4) is 17.7 Å². The first-order chi connectivity index (χ1) is 14.9. The number of morpholine rings is 1. The van der Waals surface area contributed by atoms with Crippen molar-refractivity contribution in [2.75, 3.05) is 38.7 Å². The van der Waals surface area contributed by atoms with Crippen molar-refractivity contribution in [1.82, 2.24) is 24.6 Å². The van der Waals surface area contributed by atoms with E-state index in [1.807, 2.05) is 0 Å². The quantitative estimate of drug-likeness (QED) is 0.601. The van der Waals surface area contributed by atoms with E-state index in [0.29, 0.717) is 48.6 Å². The topological polar surface area (TPSA) is 119 Å². The van der Waals surface area contributed by atoms with Gasteiger partial charge in [-0.25, -0.2) is 14.1 Å². The number of ether oxygens (including phenoxy) is 1. The predicted octanol–water partition coefficient (Wildman–Crippen LogP) is 0.942. The Morgan fingerprint density at radius 3 is 2.84 bits per heavy atom. The van der Waals surface area contributed by atoms with Crippen LogP contribution in [0.2, 0.25) is 0 Å². The maximum Gasteiger partial charge on any atom is 0.275 e. The highest BCUT2D eigenvalue weighted by molar-refractivity contribution is 6.05. The fraction of sp³-hybridized carbons (Fsp3) is 0.333. The lowest BCUT2D eigenvalue weighted by Crippen LogP contribution is -2.41. The Morgan fingerprint density at radius 1 is 1.35 bits per heavy atom. The molecule has 9 nitrogen and oxygen atoms in total. The number of benzene rings is 1. The average molecular weight is 424 g/mol. The number of amides is 1. The van der Waals surface area contributed by atoms with E-state index >= 15 is 0 Å². The van der Waals surface area contributed by atoms with E-state index in [1.54, 1.807) is 29.2 Å². The van der Waals surface area contributed by atoms with Crippen LogP contribution in [0.25, 0.3) is 16.7 Å². The smallest absolute Gasteiger partial charge is 0.275 e. The number of carbonyl (C=O) groups is 1. The van der Waals surface area contributed by atoms with E-state index in [9.17, 15) is 14.3 Å². The van der Waals surface area contributed by atoms with Crippen LogP contribution < -0.4 is 5.73 Å². The summed E-state index contributed by atoms with van der Waals surface area (Å²) in [5, 5.41) is 15.0. The molecule has 10 heteroatoms. The number of hydrogen-bond acceptors (Lipinski definition) is 7. The van der Waals surface area contributed by atoms with Crippen LogP contribution in [0.4, 0.5) is 10.3 Å². The monoisotopic (exact) mass is 424 g/mol. The number of carbonyl (C=O) groups excluding carboxylic acids is 1. The second kappa shape index (κ2) is 8.29. The summed E-state index contributed by atoms with van der Waals surface area (Å²) in [6.45, 7) is 2.22. The van der Waals surface area contributed by atoms with Gasteiger partial charge in [-0.05, 0) is 25.1 Å². The zero-order valence-electron chi connectivity index (χ0n) is 16.9. The summed E-state index contributed by atoms with van der Waals surface area (Å²) in [5.41, 5.74) is 5.35. The first-order valence-electron chi connectivity index (χ1n) is 9.68. The van der Waals surface area contributed by atoms with Gasteiger partial charge in [0.2, 0.25) is 5.95 Å². The minimum atomic E-state index is -1.74. The molecule has 1 fully saturated rings. The lowest BCUT2D eigenvalue weighted by molar-refractivity contribution is 0.0300. The van der Waals surface area contributed by atoms with Crippen LogP contribution in [0.3, 0.4) is 0 Å². The van der Waals surface area contributed by atoms with Gasteiger partial charge >= 0.3 is 0 Å². The molecule has 31 heavy (non-hydrogen) atoms. The van der Waals surface area contributed by atoms with Gasteiger partial charge in [-0.2, -0.15) is 10.1 Å². The van der Waals surface area contributed by atoms with Gasteiger partial charge in [-0.3, -0.25) is 4.79 Å². The summed E-state index contributed by atoms with van der Waals surface area (Å²) >= 11 is 0. The van der Waals surface area contributed by atoms with Crippen LogP contribution in [0, 0.1) is 11.8 Å². The molecule has 1 aliphatic heterocycles. The number of aromatic nitrogens is 4. The van der Waals surface area contributed by atoms with E-state index in [0.717, 1.165) is 0 Å². The maximum atomic E-state index is 13.1. The molecule has 3 aromatic rings. The molecule has 1 aromatic carbocycles. The van der Waals surface area contributed by atoms with Crippen LogP contribution in [0.15, 0.2) is 30.5 Å². The van der Waals surface area contributed by atoms with E-state index in [2.05, 4.69) is 26.9 Å². The zero-order chi connectivity index (χ0) is 22.0. The summed E-state index contributed by atoms with van der Waals surface area (Å²) in [5.74, 6) is 5.52. The molecule has 0 radical (unpaired) electrons. The lowest BCUT2D eigenvalue weighted by Gasteiger charge is -2.26. The Morgan fingerprint density at radius 2 is 2.13 bits per heavy atom. The molecule has 1 unspecified atom stereocenters. The number of aliphatic hydroxyl groups is 1. The number of rotatable bonds is 3. The lowest BCUT2D eigenvalue weighted by atomic mass is 10.1. The molecule has 1 saturated heterocycles. The molecule has 0 saturated carbocycles. The Hall–Kier alpha value is -3.55. The molecule has 1 aliphatic rings. The predicted molar refractivity (Wildman–Crippen MR) is 111 cm³/mol. The first kappa shape index (κ1) is 20.7. The van der Waals surface area contributed by atoms with Gasteiger partial charge in [0.05, 0.1) is 18.7 Å². The van der Waals surface area contributed by atoms with Gasteiger partial charge in [0, 0.05) is 36.3 Å². The van der Waals surface area contributed by atoms with Crippen LogP contribution in [0.1, 0.15) is 23.0 Å². The first-order valence-corrected chi connectivity index (χ1v) is 9.68. The molecule has 3 heterocycles. The Bertz CT molecular complexity index is 1190. The van der Waals surface area contributed by atoms with Gasteiger partial charge in [0.25, 0.3) is 5.91 Å². The highest BCUT2D eigenvalue weighted by Crippen LogP contribution is 2.24. The molecule has 160 valence electrons. The number of halogens is 1. The summed E-state index contributed by atoms with van der Waals surface area (Å²) in [7, 11) is 0. The third kappa shape index (κ3) is 4.33. The van der Waals surface area contributed by atoms with Crippen LogP contribution >= 0.6 is 0 Å². The number of nitrogen functional groups attached to an aromatic ring is 1. The molecule has 0 spiro atoms. The summed E-state index contributed by atoms with van der Waals surface area (Å²) in [6.07, 6.45) is 1.50. The third-order valence-corrected chi connectivity index (χ3v) is 4.79. The fourth-order valence-electron chi connectivity index (χ4n) is 3.16. The van der Waals surface area contributed by atoms with Crippen LogP contribution in [-0.2, 0) is 4.74 Å². The normalized spacial score (nSPS) is 15.9. The van der Waals surface area contributed by atoms with E-state index in [-0.39, 0.29) is 17.5 Å². The number of fused-ring (bicyclic) bond motifs is 1.